The second kappa shape index (κ2) is 12.4. The molecule has 0 unspecified atom stereocenters. The highest BCUT2D eigenvalue weighted by atomic mass is 35.5. The number of aromatic amines is 1. The van der Waals surface area contributed by atoms with Crippen LogP contribution in [0.4, 0.5) is 5.69 Å². The third-order valence-corrected chi connectivity index (χ3v) is 7.13. The molecule has 210 valence electrons. The molecular weight excluding hydrogens is 585 g/mol. The Labute approximate surface area is 251 Å². The maximum atomic E-state index is 13.2. The van der Waals surface area contributed by atoms with Gasteiger partial charge in [-0.2, -0.15) is 4.98 Å². The van der Waals surface area contributed by atoms with Gasteiger partial charge in [-0.1, -0.05) is 66.8 Å². The van der Waals surface area contributed by atoms with E-state index in [1.807, 2.05) is 38.1 Å². The number of H-pyrrole nitrogens is 1. The van der Waals surface area contributed by atoms with E-state index in [1.54, 1.807) is 41.3 Å². The Hall–Kier alpha value is -3.76. The number of fused-ring (bicyclic) bond motifs is 1. The van der Waals surface area contributed by atoms with Crippen LogP contribution in [0.5, 0.6) is 0 Å². The molecule has 3 heterocycles. The maximum absolute atomic E-state index is 13.2. The van der Waals surface area contributed by atoms with Crippen LogP contribution in [0.3, 0.4) is 0 Å². The van der Waals surface area contributed by atoms with Crippen LogP contribution >= 0.6 is 34.8 Å². The van der Waals surface area contributed by atoms with Crippen molar-refractivity contribution in [1.82, 2.24) is 30.0 Å². The standard InChI is InChI=1S/C29H26Cl3N7O2/c1-16(2)26-25-28(39(38-26)27-21(31)11-19(30)12-22(27)32)36-23(37-29(25)41)10-17-5-7-20(8-6-17)35-24(40)15-34-14-18-4-3-9-33-13-18/h3-9,11-13,16,34,38H,10,14-15H2,1-2H3,(H,35,40). The van der Waals surface area contributed by atoms with Crippen LogP contribution in [-0.2, 0) is 17.8 Å². The van der Waals surface area contributed by atoms with Gasteiger partial charge in [0, 0.05) is 36.1 Å². The number of carbonyl (C=O) groups excluding carboxylic acids is 1. The number of nitrogens with zero attached hydrogens (tertiary/aromatic N) is 4. The summed E-state index contributed by atoms with van der Waals surface area (Å²) in [4.78, 5) is 38.6. The van der Waals surface area contributed by atoms with E-state index in [9.17, 15) is 9.59 Å². The molecule has 41 heavy (non-hydrogen) atoms. The number of carbonyl (C=O) groups is 1. The fourth-order valence-electron chi connectivity index (χ4n) is 4.42. The van der Waals surface area contributed by atoms with Gasteiger partial charge in [-0.25, -0.2) is 9.67 Å². The summed E-state index contributed by atoms with van der Waals surface area (Å²) in [5.74, 6) is 0.531. The number of halogens is 3. The molecule has 2 aliphatic rings. The number of anilines is 1. The first-order valence-corrected chi connectivity index (χ1v) is 14.0. The predicted octanol–water partition coefficient (Wildman–Crippen LogP) is 5.86. The van der Waals surface area contributed by atoms with Crippen LogP contribution in [0.1, 0.15) is 42.4 Å². The predicted molar refractivity (Wildman–Crippen MR) is 162 cm³/mol. The summed E-state index contributed by atoms with van der Waals surface area (Å²) in [6.07, 6.45) is 3.76. The Morgan fingerprint density at radius 3 is 2.41 bits per heavy atom. The van der Waals surface area contributed by atoms with Gasteiger partial charge in [-0.3, -0.25) is 19.7 Å². The molecule has 1 amide bonds. The zero-order valence-corrected chi connectivity index (χ0v) is 24.5. The maximum Gasteiger partial charge on any atom is 0.284 e. The van der Waals surface area contributed by atoms with Gasteiger partial charge < -0.3 is 10.6 Å². The van der Waals surface area contributed by atoms with Gasteiger partial charge in [0.25, 0.3) is 5.56 Å². The van der Waals surface area contributed by atoms with E-state index >= 15 is 0 Å². The van der Waals surface area contributed by atoms with Crippen molar-refractivity contribution in [3.05, 3.63) is 109 Å². The molecule has 0 saturated carbocycles. The molecular formula is C29H26Cl3N7O2. The molecule has 3 N–H and O–H groups in total. The lowest BCUT2D eigenvalue weighted by atomic mass is 10.1. The van der Waals surface area contributed by atoms with Gasteiger partial charge in [-0.05, 0) is 47.4 Å². The van der Waals surface area contributed by atoms with Crippen molar-refractivity contribution in [2.45, 2.75) is 32.7 Å². The fourth-order valence-corrected chi connectivity index (χ4v) is 5.41. The second-order valence-electron chi connectivity index (χ2n) is 9.76. The number of benzene rings is 2. The van der Waals surface area contributed by atoms with Crippen molar-refractivity contribution < 1.29 is 4.79 Å². The van der Waals surface area contributed by atoms with Crippen molar-refractivity contribution in [1.29, 1.82) is 0 Å². The summed E-state index contributed by atoms with van der Waals surface area (Å²) >= 11 is 19.1. The average Bonchev–Trinajstić information content (AvgIpc) is 3.30. The summed E-state index contributed by atoms with van der Waals surface area (Å²) in [6, 6.07) is 14.3. The normalized spacial score (nSPS) is 11.4. The smallest absolute Gasteiger partial charge is 0.284 e. The highest BCUT2D eigenvalue weighted by molar-refractivity contribution is 6.40. The molecule has 1 aromatic heterocycles. The first-order chi connectivity index (χ1) is 19.7. The Morgan fingerprint density at radius 2 is 1.76 bits per heavy atom. The quantitative estimate of drug-likeness (QED) is 0.193. The van der Waals surface area contributed by atoms with Crippen molar-refractivity contribution >= 4 is 46.4 Å². The van der Waals surface area contributed by atoms with Crippen molar-refractivity contribution in [3.63, 3.8) is 0 Å². The molecule has 2 aromatic carbocycles. The number of aromatic nitrogens is 5. The van der Waals surface area contributed by atoms with Crippen LogP contribution in [0.2, 0.25) is 15.1 Å². The van der Waals surface area contributed by atoms with Gasteiger partial charge in [-0.15, -0.1) is 0 Å². The second-order valence-corrected chi connectivity index (χ2v) is 11.0. The minimum absolute atomic E-state index is 0.0148. The lowest BCUT2D eigenvalue weighted by Crippen LogP contribution is -2.27. The molecule has 0 aliphatic carbocycles. The van der Waals surface area contributed by atoms with E-state index in [4.69, 9.17) is 39.8 Å². The summed E-state index contributed by atoms with van der Waals surface area (Å²) in [5.41, 5.74) is 3.61. The number of hydrogen-bond donors (Lipinski definition) is 3. The van der Waals surface area contributed by atoms with Gasteiger partial charge in [0.05, 0.1) is 22.3 Å². The highest BCUT2D eigenvalue weighted by Gasteiger charge is 2.27. The van der Waals surface area contributed by atoms with Crippen LogP contribution in [0.25, 0.3) is 17.1 Å². The third-order valence-electron chi connectivity index (χ3n) is 6.34. The van der Waals surface area contributed by atoms with Crippen molar-refractivity contribution in [3.8, 4) is 17.1 Å². The van der Waals surface area contributed by atoms with E-state index in [0.717, 1.165) is 11.1 Å². The van der Waals surface area contributed by atoms with E-state index in [1.165, 1.54) is 0 Å². The first-order valence-electron chi connectivity index (χ1n) is 12.8. The zero-order chi connectivity index (χ0) is 29.1. The van der Waals surface area contributed by atoms with E-state index < -0.39 is 5.56 Å². The molecule has 0 saturated heterocycles. The molecule has 0 atom stereocenters. The van der Waals surface area contributed by atoms with E-state index in [0.29, 0.717) is 62.3 Å². The minimum Gasteiger partial charge on any atom is -0.325 e. The summed E-state index contributed by atoms with van der Waals surface area (Å²) in [5, 5.41) is 10.2. The summed E-state index contributed by atoms with van der Waals surface area (Å²) in [7, 11) is 0. The summed E-state index contributed by atoms with van der Waals surface area (Å²) in [6.45, 7) is 4.63. The van der Waals surface area contributed by atoms with Gasteiger partial charge in [0.1, 0.15) is 17.1 Å². The highest BCUT2D eigenvalue weighted by Crippen LogP contribution is 2.36. The topological polar surface area (TPSA) is 118 Å². The SMILES string of the molecule is CC(C)c1[nH]n(-c2c(Cl)cc(Cl)cc2Cl)c2nc(Cc3ccc(NC(=O)CNCc4cccnc4)cc3)nc(=O)c1-2. The number of hydrogen-bond acceptors (Lipinski definition) is 6. The van der Waals surface area contributed by atoms with E-state index in [2.05, 4.69) is 25.7 Å². The molecule has 2 aliphatic heterocycles. The van der Waals surface area contributed by atoms with Gasteiger partial charge >= 0.3 is 0 Å². The van der Waals surface area contributed by atoms with Crippen LogP contribution in [0, 0.1) is 0 Å². The van der Waals surface area contributed by atoms with Crippen LogP contribution in [-0.4, -0.2) is 37.2 Å². The van der Waals surface area contributed by atoms with E-state index in [-0.39, 0.29) is 18.4 Å². The molecule has 12 heteroatoms. The van der Waals surface area contributed by atoms with Crippen LogP contribution in [0.15, 0.2) is 65.7 Å². The Morgan fingerprint density at radius 1 is 1.02 bits per heavy atom. The average molecular weight is 611 g/mol. The van der Waals surface area contributed by atoms with Gasteiger partial charge in [0.2, 0.25) is 5.91 Å². The molecule has 9 nitrogen and oxygen atoms in total. The number of rotatable bonds is 9. The first kappa shape index (κ1) is 28.8. The van der Waals surface area contributed by atoms with Crippen LogP contribution < -0.4 is 16.2 Å². The zero-order valence-electron chi connectivity index (χ0n) is 22.2. The molecule has 0 bridgehead atoms. The fraction of sp³-hybridized carbons (Fsp3) is 0.207. The number of amides is 1. The lowest BCUT2D eigenvalue weighted by Gasteiger charge is -2.12. The number of pyridine rings is 1. The Kier molecular flexibility index (Phi) is 8.70. The third kappa shape index (κ3) is 6.60. The minimum atomic E-state index is -0.396. The van der Waals surface area contributed by atoms with Crippen molar-refractivity contribution in [2.24, 2.45) is 0 Å². The Bertz CT molecular complexity index is 1690. The monoisotopic (exact) mass is 609 g/mol. The molecule has 5 rings (SSSR count). The van der Waals surface area contributed by atoms with Gasteiger partial charge in [0.15, 0.2) is 5.82 Å². The number of nitrogens with one attached hydrogen (secondary N) is 3. The molecule has 3 aromatic rings. The largest absolute Gasteiger partial charge is 0.325 e. The molecule has 0 radical (unpaired) electrons. The summed E-state index contributed by atoms with van der Waals surface area (Å²) < 4.78 is 1.61. The molecule has 0 spiro atoms. The Balaban J connectivity index is 1.34. The lowest BCUT2D eigenvalue weighted by molar-refractivity contribution is -0.115. The molecule has 0 fully saturated rings. The van der Waals surface area contributed by atoms with Crippen molar-refractivity contribution in [2.75, 3.05) is 11.9 Å².